The fourth-order valence-electron chi connectivity index (χ4n) is 2.72. The zero-order chi connectivity index (χ0) is 16.5. The largest absolute Gasteiger partial charge is 0.355 e. The average Bonchev–Trinajstić information content (AvgIpc) is 3.25. The molecule has 1 atom stereocenters. The van der Waals surface area contributed by atoms with Crippen LogP contribution in [-0.4, -0.2) is 46.9 Å². The number of hydrogen-bond donors (Lipinski definition) is 1. The monoisotopic (exact) mass is 381 g/mol. The van der Waals surface area contributed by atoms with Gasteiger partial charge in [-0.05, 0) is 19.2 Å². The topological polar surface area (TPSA) is 80.2 Å². The summed E-state index contributed by atoms with van der Waals surface area (Å²) in [5.74, 6) is 1.59. The van der Waals surface area contributed by atoms with Crippen molar-refractivity contribution < 1.29 is 9.05 Å². The summed E-state index contributed by atoms with van der Waals surface area (Å²) in [4.78, 5) is 6.67. The van der Waals surface area contributed by atoms with E-state index in [1.807, 2.05) is 18.2 Å². The molecule has 1 aromatic carbocycles. The summed E-state index contributed by atoms with van der Waals surface area (Å²) in [7, 11) is 2.05. The van der Waals surface area contributed by atoms with Gasteiger partial charge in [-0.15, -0.1) is 12.4 Å². The molecule has 132 valence electrons. The van der Waals surface area contributed by atoms with Gasteiger partial charge in [-0.2, -0.15) is 4.98 Å². The molecule has 4 rings (SSSR count). The van der Waals surface area contributed by atoms with Crippen LogP contribution in [-0.2, 0) is 0 Å². The first-order valence-electron chi connectivity index (χ1n) is 7.68. The molecule has 7 nitrogen and oxygen atoms in total. The number of piperazine rings is 1. The van der Waals surface area contributed by atoms with E-state index in [1.165, 1.54) is 0 Å². The summed E-state index contributed by atoms with van der Waals surface area (Å²) < 4.78 is 10.7. The zero-order valence-corrected chi connectivity index (χ0v) is 15.0. The van der Waals surface area contributed by atoms with E-state index in [4.69, 9.17) is 20.6 Å². The molecule has 3 heterocycles. The van der Waals surface area contributed by atoms with Crippen LogP contribution in [0, 0.1) is 0 Å². The summed E-state index contributed by atoms with van der Waals surface area (Å²) in [5.41, 5.74) is 1.35. The Kier molecular flexibility index (Phi) is 5.39. The molecule has 0 amide bonds. The minimum absolute atomic E-state index is 0. The Morgan fingerprint density at radius 2 is 2.12 bits per heavy atom. The number of aromatic nitrogens is 3. The highest BCUT2D eigenvalue weighted by Crippen LogP contribution is 2.28. The smallest absolute Gasteiger partial charge is 0.280 e. The molecule has 9 heteroatoms. The fourth-order valence-corrected chi connectivity index (χ4v) is 2.91. The predicted molar refractivity (Wildman–Crippen MR) is 95.7 cm³/mol. The lowest BCUT2D eigenvalue weighted by atomic mass is 10.1. The molecule has 0 spiro atoms. The van der Waals surface area contributed by atoms with Gasteiger partial charge < -0.3 is 14.4 Å². The Morgan fingerprint density at radius 1 is 1.24 bits per heavy atom. The van der Waals surface area contributed by atoms with E-state index in [1.54, 1.807) is 12.1 Å². The lowest BCUT2D eigenvalue weighted by Gasteiger charge is -2.30. The van der Waals surface area contributed by atoms with E-state index >= 15 is 0 Å². The van der Waals surface area contributed by atoms with Crippen molar-refractivity contribution >= 4 is 24.0 Å². The quantitative estimate of drug-likeness (QED) is 0.746. The first-order chi connectivity index (χ1) is 11.7. The van der Waals surface area contributed by atoms with Crippen LogP contribution in [0.4, 0.5) is 0 Å². The van der Waals surface area contributed by atoms with Crippen molar-refractivity contribution in [3.63, 3.8) is 0 Å². The van der Waals surface area contributed by atoms with Gasteiger partial charge in [-0.25, -0.2) is 0 Å². The number of rotatable bonds is 3. The van der Waals surface area contributed by atoms with Gasteiger partial charge in [-0.3, -0.25) is 4.90 Å². The van der Waals surface area contributed by atoms with Crippen LogP contribution < -0.4 is 5.32 Å². The standard InChI is InChI=1S/C16H16ClN5O2.ClH/c1-22-6-5-18-9-13(22)15-19-16(24-21-15)12-8-14(23-20-12)10-3-2-4-11(17)7-10;/h2-4,7-8,13,18H,5-6,9H2,1H3;1H. The van der Waals surface area contributed by atoms with Crippen molar-refractivity contribution in [2.45, 2.75) is 6.04 Å². The summed E-state index contributed by atoms with van der Waals surface area (Å²) in [6, 6.07) is 9.24. The van der Waals surface area contributed by atoms with Gasteiger partial charge in [0.15, 0.2) is 17.3 Å². The third-order valence-electron chi connectivity index (χ3n) is 4.09. The van der Waals surface area contributed by atoms with Crippen LogP contribution in [0.5, 0.6) is 0 Å². The Morgan fingerprint density at radius 3 is 2.92 bits per heavy atom. The van der Waals surface area contributed by atoms with Crippen LogP contribution in [0.15, 0.2) is 39.4 Å². The minimum atomic E-state index is 0. The van der Waals surface area contributed by atoms with Crippen molar-refractivity contribution in [3.8, 4) is 22.9 Å². The maximum Gasteiger partial charge on any atom is 0.280 e. The van der Waals surface area contributed by atoms with E-state index in [2.05, 4.69) is 32.6 Å². The van der Waals surface area contributed by atoms with E-state index < -0.39 is 0 Å². The molecule has 1 N–H and O–H groups in total. The lowest BCUT2D eigenvalue weighted by molar-refractivity contribution is 0.190. The number of likely N-dealkylation sites (N-methyl/N-ethyl adjacent to an activating group) is 1. The number of nitrogens with zero attached hydrogens (tertiary/aromatic N) is 4. The highest BCUT2D eigenvalue weighted by molar-refractivity contribution is 6.30. The second-order valence-corrected chi connectivity index (χ2v) is 6.18. The number of nitrogens with one attached hydrogen (secondary N) is 1. The molecule has 0 saturated carbocycles. The molecule has 0 radical (unpaired) electrons. The molecule has 0 bridgehead atoms. The molecule has 1 unspecified atom stereocenters. The van der Waals surface area contributed by atoms with Gasteiger partial charge in [0, 0.05) is 36.3 Å². The van der Waals surface area contributed by atoms with Gasteiger partial charge in [0.1, 0.15) is 0 Å². The molecule has 2 aromatic heterocycles. The first kappa shape index (κ1) is 17.9. The van der Waals surface area contributed by atoms with Gasteiger partial charge in [-0.1, -0.05) is 34.0 Å². The molecule has 25 heavy (non-hydrogen) atoms. The van der Waals surface area contributed by atoms with Crippen LogP contribution in [0.1, 0.15) is 11.9 Å². The highest BCUT2D eigenvalue weighted by atomic mass is 35.5. The summed E-state index contributed by atoms with van der Waals surface area (Å²) in [6.07, 6.45) is 0. The van der Waals surface area contributed by atoms with Gasteiger partial charge >= 0.3 is 0 Å². The molecule has 1 fully saturated rings. The number of benzene rings is 1. The third-order valence-corrected chi connectivity index (χ3v) is 4.32. The molecule has 1 saturated heterocycles. The number of halogens is 2. The first-order valence-corrected chi connectivity index (χ1v) is 8.06. The van der Waals surface area contributed by atoms with Gasteiger partial charge in [0.05, 0.1) is 6.04 Å². The normalized spacial score (nSPS) is 18.1. The van der Waals surface area contributed by atoms with E-state index in [-0.39, 0.29) is 18.4 Å². The highest BCUT2D eigenvalue weighted by Gasteiger charge is 2.26. The fraction of sp³-hybridized carbons (Fsp3) is 0.312. The van der Waals surface area contributed by atoms with E-state index in [9.17, 15) is 0 Å². The maximum absolute atomic E-state index is 6.01. The van der Waals surface area contributed by atoms with Crippen LogP contribution >= 0.6 is 24.0 Å². The SMILES string of the molecule is CN1CCNCC1c1noc(-c2cc(-c3cccc(Cl)c3)on2)n1.Cl. The van der Waals surface area contributed by atoms with Crippen LogP contribution in [0.2, 0.25) is 5.02 Å². The third kappa shape index (κ3) is 3.69. The van der Waals surface area contributed by atoms with Crippen molar-refractivity contribution in [1.82, 2.24) is 25.5 Å². The summed E-state index contributed by atoms with van der Waals surface area (Å²) >= 11 is 6.01. The molecule has 1 aliphatic rings. The average molecular weight is 382 g/mol. The van der Waals surface area contributed by atoms with Crippen molar-refractivity contribution in [2.75, 3.05) is 26.7 Å². The Hall–Kier alpha value is -1.93. The molecular formula is C16H17Cl2N5O2. The second-order valence-electron chi connectivity index (χ2n) is 5.75. The molecule has 0 aliphatic carbocycles. The Labute approximate surface area is 155 Å². The van der Waals surface area contributed by atoms with Crippen molar-refractivity contribution in [3.05, 3.63) is 41.2 Å². The maximum atomic E-state index is 6.01. The van der Waals surface area contributed by atoms with Crippen molar-refractivity contribution in [1.29, 1.82) is 0 Å². The van der Waals surface area contributed by atoms with Crippen LogP contribution in [0.25, 0.3) is 22.9 Å². The van der Waals surface area contributed by atoms with Gasteiger partial charge in [0.2, 0.25) is 0 Å². The second kappa shape index (κ2) is 7.53. The lowest BCUT2D eigenvalue weighted by Crippen LogP contribution is -2.44. The molecule has 1 aliphatic heterocycles. The Bertz CT molecular complexity index is 850. The summed E-state index contributed by atoms with van der Waals surface area (Å²) in [5, 5.41) is 12.1. The minimum Gasteiger partial charge on any atom is -0.355 e. The Balaban J connectivity index is 0.00000182. The predicted octanol–water partition coefficient (Wildman–Crippen LogP) is 3.04. The molecular weight excluding hydrogens is 365 g/mol. The van der Waals surface area contributed by atoms with E-state index in [0.717, 1.165) is 25.2 Å². The zero-order valence-electron chi connectivity index (χ0n) is 13.5. The van der Waals surface area contributed by atoms with Gasteiger partial charge in [0.25, 0.3) is 5.89 Å². The summed E-state index contributed by atoms with van der Waals surface area (Å²) in [6.45, 7) is 2.70. The molecule has 3 aromatic rings. The van der Waals surface area contributed by atoms with E-state index in [0.29, 0.717) is 28.2 Å². The van der Waals surface area contributed by atoms with Crippen molar-refractivity contribution in [2.24, 2.45) is 0 Å². The number of hydrogen-bond acceptors (Lipinski definition) is 7. The van der Waals surface area contributed by atoms with Crippen LogP contribution in [0.3, 0.4) is 0 Å².